The molecule has 0 atom stereocenters. The minimum absolute atomic E-state index is 0.0727. The molecule has 0 heterocycles. The predicted molar refractivity (Wildman–Crippen MR) is 99.5 cm³/mol. The van der Waals surface area contributed by atoms with Crippen molar-refractivity contribution in [2.75, 3.05) is 13.2 Å². The lowest BCUT2D eigenvalue weighted by Crippen LogP contribution is -2.46. The Morgan fingerprint density at radius 1 is 1.08 bits per heavy atom. The number of aldehydes is 1. The van der Waals surface area contributed by atoms with Gasteiger partial charge in [0.2, 0.25) is 18.2 Å². The Labute approximate surface area is 156 Å². The highest BCUT2D eigenvalue weighted by Gasteiger charge is 2.24. The van der Waals surface area contributed by atoms with E-state index in [2.05, 4.69) is 5.32 Å². The second-order valence-electron chi connectivity index (χ2n) is 7.69. The van der Waals surface area contributed by atoms with Gasteiger partial charge >= 0.3 is 0 Å². The summed E-state index contributed by atoms with van der Waals surface area (Å²) in [4.78, 5) is 46.3. The summed E-state index contributed by atoms with van der Waals surface area (Å²) in [5.74, 6) is -0.480. The molecule has 1 N–H and O–H groups in total. The lowest BCUT2D eigenvalue weighted by atomic mass is 9.99. The average Bonchev–Trinajstić information content (AvgIpc) is 2.53. The number of hydrogen-bond donors (Lipinski definition) is 1. The Bertz CT molecular complexity index is 475. The van der Waals surface area contributed by atoms with E-state index in [0.29, 0.717) is 45.1 Å². The number of ether oxygens (including phenoxy) is 1. The summed E-state index contributed by atoms with van der Waals surface area (Å²) >= 11 is 0. The molecule has 0 aromatic heterocycles. The van der Waals surface area contributed by atoms with Crippen LogP contribution < -0.4 is 5.32 Å². The molecule has 0 aromatic rings. The van der Waals surface area contributed by atoms with E-state index in [-0.39, 0.29) is 30.4 Å². The third kappa shape index (κ3) is 11.0. The molecule has 7 nitrogen and oxygen atoms in total. The zero-order chi connectivity index (χ0) is 20.2. The fourth-order valence-electron chi connectivity index (χ4n) is 2.38. The SMILES string of the molecule is CCCC(=O)N(C=O)CCC(=O)NC(C)(C)CCOC(C)(C)CCC=O. The molecule has 0 aliphatic carbocycles. The Balaban J connectivity index is 4.30. The van der Waals surface area contributed by atoms with Gasteiger partial charge < -0.3 is 14.8 Å². The van der Waals surface area contributed by atoms with Crippen LogP contribution in [0.3, 0.4) is 0 Å². The third-order valence-corrected chi connectivity index (χ3v) is 4.05. The standard InChI is InChI=1S/C19H34N2O5/c1-6-8-17(25)21(15-23)12-9-16(24)20-18(2,3)11-14-26-19(4,5)10-7-13-22/h13,15H,6-12,14H2,1-5H3,(H,20,24). The van der Waals surface area contributed by atoms with Crippen LogP contribution in [-0.4, -0.2) is 53.7 Å². The first-order valence-corrected chi connectivity index (χ1v) is 9.20. The summed E-state index contributed by atoms with van der Waals surface area (Å²) in [6.45, 7) is 10.1. The smallest absolute Gasteiger partial charge is 0.228 e. The molecule has 0 aliphatic heterocycles. The van der Waals surface area contributed by atoms with E-state index in [1.165, 1.54) is 0 Å². The molecule has 0 saturated heterocycles. The van der Waals surface area contributed by atoms with E-state index in [0.717, 1.165) is 11.2 Å². The number of carbonyl (C=O) groups is 4. The van der Waals surface area contributed by atoms with E-state index in [9.17, 15) is 19.2 Å². The Hall–Kier alpha value is -1.76. The maximum absolute atomic E-state index is 12.1. The molecule has 3 amide bonds. The summed E-state index contributed by atoms with van der Waals surface area (Å²) in [5.41, 5.74) is -0.859. The van der Waals surface area contributed by atoms with Crippen molar-refractivity contribution >= 4 is 24.5 Å². The number of imide groups is 1. The average molecular weight is 370 g/mol. The van der Waals surface area contributed by atoms with Crippen molar-refractivity contribution in [2.24, 2.45) is 0 Å². The summed E-state index contributed by atoms with van der Waals surface area (Å²) < 4.78 is 5.81. The van der Waals surface area contributed by atoms with Crippen LogP contribution in [0.5, 0.6) is 0 Å². The molecule has 0 rings (SSSR count). The molecule has 0 bridgehead atoms. The van der Waals surface area contributed by atoms with E-state index < -0.39 is 5.54 Å². The van der Waals surface area contributed by atoms with Crippen LogP contribution in [-0.2, 0) is 23.9 Å². The Morgan fingerprint density at radius 2 is 1.73 bits per heavy atom. The van der Waals surface area contributed by atoms with Crippen molar-refractivity contribution in [3.8, 4) is 0 Å². The maximum atomic E-state index is 12.1. The van der Waals surface area contributed by atoms with E-state index in [4.69, 9.17) is 4.74 Å². The van der Waals surface area contributed by atoms with Crippen LogP contribution in [0, 0.1) is 0 Å². The van der Waals surface area contributed by atoms with Crippen LogP contribution in [0.4, 0.5) is 0 Å². The summed E-state index contributed by atoms with van der Waals surface area (Å²) in [5, 5.41) is 2.91. The third-order valence-electron chi connectivity index (χ3n) is 4.05. The summed E-state index contributed by atoms with van der Waals surface area (Å²) in [6.07, 6.45) is 4.09. The first kappa shape index (κ1) is 24.2. The van der Waals surface area contributed by atoms with Crippen molar-refractivity contribution in [3.05, 3.63) is 0 Å². The number of nitrogens with zero attached hydrogens (tertiary/aromatic N) is 1. The van der Waals surface area contributed by atoms with Crippen molar-refractivity contribution < 1.29 is 23.9 Å². The van der Waals surface area contributed by atoms with Gasteiger partial charge in [0, 0.05) is 38.0 Å². The van der Waals surface area contributed by atoms with Crippen molar-refractivity contribution in [1.82, 2.24) is 10.2 Å². The van der Waals surface area contributed by atoms with Gasteiger partial charge in [0.1, 0.15) is 6.29 Å². The Morgan fingerprint density at radius 3 is 2.27 bits per heavy atom. The number of hydrogen-bond acceptors (Lipinski definition) is 5. The predicted octanol–water partition coefficient (Wildman–Crippen LogP) is 2.22. The van der Waals surface area contributed by atoms with Gasteiger partial charge in [-0.3, -0.25) is 19.3 Å². The van der Waals surface area contributed by atoms with Gasteiger partial charge in [-0.15, -0.1) is 0 Å². The second kappa shape index (κ2) is 11.8. The van der Waals surface area contributed by atoms with Crippen molar-refractivity contribution in [2.45, 2.75) is 84.3 Å². The van der Waals surface area contributed by atoms with Gasteiger partial charge in [-0.25, -0.2) is 0 Å². The van der Waals surface area contributed by atoms with Crippen LogP contribution in [0.15, 0.2) is 0 Å². The number of carbonyl (C=O) groups excluding carboxylic acids is 4. The fraction of sp³-hybridized carbons (Fsp3) is 0.789. The second-order valence-corrected chi connectivity index (χ2v) is 7.69. The van der Waals surface area contributed by atoms with Crippen LogP contribution in [0.1, 0.15) is 73.1 Å². The van der Waals surface area contributed by atoms with E-state index in [1.807, 2.05) is 34.6 Å². The first-order valence-electron chi connectivity index (χ1n) is 9.20. The molecule has 0 fully saturated rings. The van der Waals surface area contributed by atoms with E-state index in [1.54, 1.807) is 0 Å². The van der Waals surface area contributed by atoms with E-state index >= 15 is 0 Å². The molecule has 0 saturated carbocycles. The summed E-state index contributed by atoms with van der Waals surface area (Å²) in [6, 6.07) is 0. The lowest BCUT2D eigenvalue weighted by molar-refractivity contribution is -0.138. The van der Waals surface area contributed by atoms with Crippen LogP contribution >= 0.6 is 0 Å². The van der Waals surface area contributed by atoms with Gasteiger partial charge in [0.05, 0.1) is 5.60 Å². The molecule has 0 radical (unpaired) electrons. The zero-order valence-corrected chi connectivity index (χ0v) is 16.8. The number of rotatable bonds is 14. The highest BCUT2D eigenvalue weighted by atomic mass is 16.5. The molecule has 150 valence electrons. The fourth-order valence-corrected chi connectivity index (χ4v) is 2.38. The molecule has 7 heteroatoms. The highest BCUT2D eigenvalue weighted by molar-refractivity contribution is 5.87. The largest absolute Gasteiger partial charge is 0.375 e. The van der Waals surface area contributed by atoms with Crippen molar-refractivity contribution in [1.29, 1.82) is 0 Å². The minimum atomic E-state index is -0.475. The topological polar surface area (TPSA) is 92.8 Å². The minimum Gasteiger partial charge on any atom is -0.375 e. The molecule has 0 unspecified atom stereocenters. The van der Waals surface area contributed by atoms with Gasteiger partial charge in [0.25, 0.3) is 0 Å². The Kier molecular flexibility index (Phi) is 11.0. The van der Waals surface area contributed by atoms with Crippen LogP contribution in [0.2, 0.25) is 0 Å². The molecule has 0 aromatic carbocycles. The lowest BCUT2D eigenvalue weighted by Gasteiger charge is -2.30. The quantitative estimate of drug-likeness (QED) is 0.473. The number of amides is 3. The zero-order valence-electron chi connectivity index (χ0n) is 16.8. The van der Waals surface area contributed by atoms with Crippen molar-refractivity contribution in [3.63, 3.8) is 0 Å². The normalized spacial score (nSPS) is 11.7. The highest BCUT2D eigenvalue weighted by Crippen LogP contribution is 2.18. The monoisotopic (exact) mass is 370 g/mol. The maximum Gasteiger partial charge on any atom is 0.228 e. The number of nitrogens with one attached hydrogen (secondary N) is 1. The van der Waals surface area contributed by atoms with Gasteiger partial charge in [-0.2, -0.15) is 0 Å². The molecule has 26 heavy (non-hydrogen) atoms. The summed E-state index contributed by atoms with van der Waals surface area (Å²) in [7, 11) is 0. The van der Waals surface area contributed by atoms with Gasteiger partial charge in [-0.1, -0.05) is 6.92 Å². The first-order chi connectivity index (χ1) is 12.1. The molecule has 0 spiro atoms. The molecular weight excluding hydrogens is 336 g/mol. The van der Waals surface area contributed by atoms with Crippen LogP contribution in [0.25, 0.3) is 0 Å². The van der Waals surface area contributed by atoms with Gasteiger partial charge in [-0.05, 0) is 47.0 Å². The molecular formula is C19H34N2O5. The van der Waals surface area contributed by atoms with Gasteiger partial charge in [0.15, 0.2) is 0 Å². The molecule has 0 aliphatic rings.